The molecule has 4 nitrogen and oxygen atoms in total. The van der Waals surface area contributed by atoms with E-state index in [1.165, 1.54) is 24.3 Å². The maximum Gasteiger partial charge on any atom is 0.534 e. The molecule has 0 amide bonds. The Bertz CT molecular complexity index is 726. The molecule has 0 fully saturated rings. The van der Waals surface area contributed by atoms with E-state index in [2.05, 4.69) is 4.18 Å². The molecule has 0 aliphatic carbocycles. The molecule has 0 unspecified atom stereocenters. The molecule has 0 aromatic heterocycles. The van der Waals surface area contributed by atoms with E-state index in [-0.39, 0.29) is 17.2 Å². The van der Waals surface area contributed by atoms with Crippen LogP contribution in [0.25, 0.3) is 0 Å². The summed E-state index contributed by atoms with van der Waals surface area (Å²) in [6.07, 6.45) is -5.80. The van der Waals surface area contributed by atoms with E-state index >= 15 is 0 Å². The summed E-state index contributed by atoms with van der Waals surface area (Å²) in [5.74, 6) is -2.29. The van der Waals surface area contributed by atoms with Gasteiger partial charge < -0.3 is 4.18 Å². The van der Waals surface area contributed by atoms with E-state index in [1.807, 2.05) is 0 Å². The van der Waals surface area contributed by atoms with Crippen LogP contribution in [0.4, 0.5) is 26.3 Å². The standard InChI is InChI=1S/C12H7F6NO3S/c13-11(14,15)10(22-23(20,21)12(16,17)18)6-5-8-1-3-9(7-19)4-2-8/h1-4,6H,5H2. The minimum absolute atomic E-state index is 0.171. The lowest BCUT2D eigenvalue weighted by atomic mass is 10.1. The van der Waals surface area contributed by atoms with Gasteiger partial charge in [-0.1, -0.05) is 12.1 Å². The molecule has 0 N–H and O–H groups in total. The number of halogens is 6. The molecule has 0 bridgehead atoms. The Labute approximate surface area is 126 Å². The number of hydrogen-bond acceptors (Lipinski definition) is 4. The summed E-state index contributed by atoms with van der Waals surface area (Å²) in [5, 5.41) is 8.55. The van der Waals surface area contributed by atoms with E-state index in [0.29, 0.717) is 0 Å². The third-order valence-electron chi connectivity index (χ3n) is 2.37. The summed E-state index contributed by atoms with van der Waals surface area (Å²) in [6.45, 7) is 0. The zero-order valence-corrected chi connectivity index (χ0v) is 11.8. The minimum Gasteiger partial charge on any atom is -0.371 e. The summed E-state index contributed by atoms with van der Waals surface area (Å²) >= 11 is 0. The number of nitrogens with zero attached hydrogens (tertiary/aromatic N) is 1. The molecule has 0 heterocycles. The largest absolute Gasteiger partial charge is 0.534 e. The van der Waals surface area contributed by atoms with Gasteiger partial charge in [-0.15, -0.1) is 0 Å². The summed E-state index contributed by atoms with van der Waals surface area (Å²) in [5.41, 5.74) is -5.55. The second-order valence-electron chi connectivity index (χ2n) is 4.06. The smallest absolute Gasteiger partial charge is 0.371 e. The molecule has 0 radical (unpaired) electrons. The molecule has 11 heteroatoms. The Morgan fingerprint density at radius 2 is 1.65 bits per heavy atom. The Morgan fingerprint density at radius 3 is 2.04 bits per heavy atom. The maximum atomic E-state index is 12.6. The van der Waals surface area contributed by atoms with Gasteiger partial charge >= 0.3 is 21.8 Å². The Hall–Kier alpha value is -2.22. The highest BCUT2D eigenvalue weighted by Gasteiger charge is 2.51. The lowest BCUT2D eigenvalue weighted by Crippen LogP contribution is -2.29. The van der Waals surface area contributed by atoms with Gasteiger partial charge in [0.05, 0.1) is 11.6 Å². The molecule has 0 saturated carbocycles. The number of rotatable bonds is 4. The van der Waals surface area contributed by atoms with Crippen LogP contribution in [-0.2, 0) is 20.7 Å². The van der Waals surface area contributed by atoms with E-state index in [4.69, 9.17) is 5.26 Å². The lowest BCUT2D eigenvalue weighted by molar-refractivity contribution is -0.120. The van der Waals surface area contributed by atoms with E-state index in [1.54, 1.807) is 6.07 Å². The van der Waals surface area contributed by atoms with Crippen molar-refractivity contribution in [2.24, 2.45) is 0 Å². The molecule has 23 heavy (non-hydrogen) atoms. The molecule has 0 atom stereocenters. The first-order valence-electron chi connectivity index (χ1n) is 5.64. The average Bonchev–Trinajstić information content (AvgIpc) is 2.41. The third kappa shape index (κ3) is 5.17. The second kappa shape index (κ2) is 6.49. The molecule has 0 spiro atoms. The maximum absolute atomic E-state index is 12.6. The molecule has 1 aromatic carbocycles. The fourth-order valence-electron chi connectivity index (χ4n) is 1.29. The van der Waals surface area contributed by atoms with Gasteiger partial charge in [-0.25, -0.2) is 0 Å². The first-order chi connectivity index (χ1) is 10.4. The van der Waals surface area contributed by atoms with Crippen molar-refractivity contribution in [3.63, 3.8) is 0 Å². The van der Waals surface area contributed by atoms with Crippen LogP contribution in [0.3, 0.4) is 0 Å². The number of nitriles is 1. The Balaban J connectivity index is 3.06. The molecule has 0 aliphatic heterocycles. The second-order valence-corrected chi connectivity index (χ2v) is 5.60. The van der Waals surface area contributed by atoms with Gasteiger partial charge in [0.1, 0.15) is 0 Å². The molecular formula is C12H7F6NO3S. The minimum atomic E-state index is -6.43. The number of benzene rings is 1. The van der Waals surface area contributed by atoms with Gasteiger partial charge in [0.2, 0.25) is 5.76 Å². The van der Waals surface area contributed by atoms with Gasteiger partial charge in [-0.3, -0.25) is 0 Å². The molecule has 1 rings (SSSR count). The van der Waals surface area contributed by atoms with Crippen LogP contribution < -0.4 is 0 Å². The SMILES string of the molecule is N#Cc1ccc(CC=C(OS(=O)(=O)C(F)(F)F)C(F)(F)F)cc1. The van der Waals surface area contributed by atoms with Gasteiger partial charge in [0.25, 0.3) is 0 Å². The normalized spacial score (nSPS) is 13.5. The Morgan fingerprint density at radius 1 is 1.13 bits per heavy atom. The summed E-state index contributed by atoms with van der Waals surface area (Å²) in [6, 6.07) is 6.86. The van der Waals surface area contributed by atoms with E-state index < -0.39 is 34.0 Å². The van der Waals surface area contributed by atoms with Crippen LogP contribution in [0, 0.1) is 11.3 Å². The molecular weight excluding hydrogens is 352 g/mol. The van der Waals surface area contributed by atoms with Crippen molar-refractivity contribution >= 4 is 10.1 Å². The quantitative estimate of drug-likeness (QED) is 0.358. The van der Waals surface area contributed by atoms with Gasteiger partial charge in [0, 0.05) is 0 Å². The third-order valence-corrected chi connectivity index (χ3v) is 3.33. The van der Waals surface area contributed by atoms with E-state index in [0.717, 1.165) is 0 Å². The zero-order valence-electron chi connectivity index (χ0n) is 10.9. The number of allylic oxidation sites excluding steroid dienone is 2. The van der Waals surface area contributed by atoms with Crippen molar-refractivity contribution in [3.8, 4) is 6.07 Å². The van der Waals surface area contributed by atoms with Crippen LogP contribution in [0.15, 0.2) is 36.1 Å². The van der Waals surface area contributed by atoms with Crippen molar-refractivity contribution in [2.45, 2.75) is 18.1 Å². The number of alkyl halides is 6. The van der Waals surface area contributed by atoms with Crippen molar-refractivity contribution in [1.82, 2.24) is 0 Å². The summed E-state index contributed by atoms with van der Waals surface area (Å²) in [4.78, 5) is 0. The van der Waals surface area contributed by atoms with Crippen molar-refractivity contribution in [1.29, 1.82) is 5.26 Å². The highest BCUT2D eigenvalue weighted by molar-refractivity contribution is 7.87. The monoisotopic (exact) mass is 359 g/mol. The summed E-state index contributed by atoms with van der Waals surface area (Å²) < 4.78 is 98.6. The highest BCUT2D eigenvalue weighted by Crippen LogP contribution is 2.33. The van der Waals surface area contributed by atoms with E-state index in [9.17, 15) is 34.8 Å². The number of hydrogen-bond donors (Lipinski definition) is 0. The van der Waals surface area contributed by atoms with Crippen molar-refractivity contribution < 1.29 is 38.9 Å². The van der Waals surface area contributed by atoms with Gasteiger partial charge in [0.15, 0.2) is 0 Å². The molecule has 126 valence electrons. The van der Waals surface area contributed by atoms with Crippen LogP contribution in [0.1, 0.15) is 11.1 Å². The average molecular weight is 359 g/mol. The molecule has 0 aliphatic rings. The first kappa shape index (κ1) is 18.8. The van der Waals surface area contributed by atoms with Crippen molar-refractivity contribution in [3.05, 3.63) is 47.2 Å². The fourth-order valence-corrected chi connectivity index (χ4v) is 1.78. The van der Waals surface area contributed by atoms with Gasteiger partial charge in [-0.05, 0) is 30.2 Å². The van der Waals surface area contributed by atoms with Crippen LogP contribution in [0.5, 0.6) is 0 Å². The van der Waals surface area contributed by atoms with Gasteiger partial charge in [-0.2, -0.15) is 40.0 Å². The topological polar surface area (TPSA) is 67.2 Å². The summed E-state index contributed by atoms with van der Waals surface area (Å²) in [7, 11) is -6.43. The van der Waals surface area contributed by atoms with Crippen LogP contribution in [0.2, 0.25) is 0 Å². The lowest BCUT2D eigenvalue weighted by Gasteiger charge is -2.14. The van der Waals surface area contributed by atoms with Crippen LogP contribution in [-0.4, -0.2) is 20.1 Å². The van der Waals surface area contributed by atoms with Crippen LogP contribution >= 0.6 is 0 Å². The Kier molecular flexibility index (Phi) is 5.31. The first-order valence-corrected chi connectivity index (χ1v) is 7.05. The zero-order chi connectivity index (χ0) is 17.9. The van der Waals surface area contributed by atoms with Crippen molar-refractivity contribution in [2.75, 3.05) is 0 Å². The predicted molar refractivity (Wildman–Crippen MR) is 65.1 cm³/mol. The predicted octanol–water partition coefficient (Wildman–Crippen LogP) is 3.41. The highest BCUT2D eigenvalue weighted by atomic mass is 32.2. The fraction of sp³-hybridized carbons (Fsp3) is 0.250. The molecule has 1 aromatic rings. The molecule has 0 saturated heterocycles.